The van der Waals surface area contributed by atoms with Crippen LogP contribution in [-0.4, -0.2) is 94.9 Å². The number of rotatable bonds is 7. The molecule has 2 fully saturated rings. The van der Waals surface area contributed by atoms with Gasteiger partial charge in [0.05, 0.1) is 43.5 Å². The number of benzene rings is 1. The maximum absolute atomic E-state index is 10.4. The molecule has 1 aromatic rings. The number of piperidine rings is 1. The fraction of sp³-hybridized carbons (Fsp3) is 0.684. The molecule has 2 aliphatic rings. The molecule has 0 aromatic heterocycles. The fourth-order valence-electron chi connectivity index (χ4n) is 4.05. The number of nitrogens with zero attached hydrogens (tertiary/aromatic N) is 3. The number of nitrogen functional groups attached to an aromatic ring is 1. The van der Waals surface area contributed by atoms with Crippen LogP contribution in [0.3, 0.4) is 0 Å². The van der Waals surface area contributed by atoms with Crippen molar-refractivity contribution >= 4 is 17.1 Å². The van der Waals surface area contributed by atoms with E-state index in [1.54, 1.807) is 12.1 Å². The van der Waals surface area contributed by atoms with Crippen molar-refractivity contribution in [2.75, 3.05) is 69.2 Å². The molecular weight excluding hydrogens is 360 g/mol. The Morgan fingerprint density at radius 1 is 1.11 bits per heavy atom. The fourth-order valence-corrected chi connectivity index (χ4v) is 4.05. The molecule has 2 heterocycles. The molecule has 0 radical (unpaired) electrons. The Morgan fingerprint density at radius 3 is 2.50 bits per heavy atom. The van der Waals surface area contributed by atoms with Gasteiger partial charge in [0.2, 0.25) is 0 Å². The summed E-state index contributed by atoms with van der Waals surface area (Å²) < 4.78 is 0. The molecule has 0 saturated carbocycles. The van der Waals surface area contributed by atoms with Gasteiger partial charge in [-0.2, -0.15) is 0 Å². The van der Waals surface area contributed by atoms with Crippen LogP contribution in [0.5, 0.6) is 0 Å². The van der Waals surface area contributed by atoms with Crippen molar-refractivity contribution in [3.8, 4) is 0 Å². The lowest BCUT2D eigenvalue weighted by Gasteiger charge is -2.45. The van der Waals surface area contributed by atoms with Crippen LogP contribution in [-0.2, 0) is 0 Å². The van der Waals surface area contributed by atoms with Gasteiger partial charge < -0.3 is 21.3 Å². The van der Waals surface area contributed by atoms with Crippen molar-refractivity contribution in [1.82, 2.24) is 14.7 Å². The highest BCUT2D eigenvalue weighted by Crippen LogP contribution is 2.25. The van der Waals surface area contributed by atoms with Gasteiger partial charge in [-0.25, -0.2) is 0 Å². The Bertz CT molecular complexity index is 626. The van der Waals surface area contributed by atoms with Crippen molar-refractivity contribution < 1.29 is 15.4 Å². The molecule has 0 amide bonds. The van der Waals surface area contributed by atoms with E-state index in [2.05, 4.69) is 32.4 Å². The highest BCUT2D eigenvalue weighted by atomic mass is 16.5. The predicted octanol–water partition coefficient (Wildman–Crippen LogP) is 0.0780. The minimum atomic E-state index is -0.460. The molecule has 7 N–H and O–H groups in total. The Hall–Kier alpha value is -1.62. The van der Waals surface area contributed by atoms with E-state index in [4.69, 9.17) is 5.73 Å². The lowest BCUT2D eigenvalue weighted by Crippen LogP contribution is -2.58. The topological polar surface area (TPSA) is 120 Å². The third-order valence-corrected chi connectivity index (χ3v) is 6.01. The number of hydrogen-bond donors (Lipinski definition) is 6. The standard InChI is InChI=1S/C19H34N6O3/c1-14-4-5-25(18(11-26)19(14)27)13-24-8-6-23(7-9-24)12-21-16-3-2-15(20)10-17(16)22-28/h2-3,10,14,18-19,21-22,26-28H,4-9,11-13,20H2,1H3/t14?,18?,19-/m0/s1. The predicted molar refractivity (Wildman–Crippen MR) is 110 cm³/mol. The van der Waals surface area contributed by atoms with E-state index in [-0.39, 0.29) is 18.6 Å². The smallest absolute Gasteiger partial charge is 0.0854 e. The molecule has 3 atom stereocenters. The Labute approximate surface area is 166 Å². The van der Waals surface area contributed by atoms with Crippen LogP contribution in [0.1, 0.15) is 13.3 Å². The van der Waals surface area contributed by atoms with E-state index in [1.807, 2.05) is 6.07 Å². The zero-order chi connectivity index (χ0) is 20.1. The van der Waals surface area contributed by atoms with E-state index in [0.717, 1.165) is 51.5 Å². The first kappa shape index (κ1) is 21.1. The van der Waals surface area contributed by atoms with Gasteiger partial charge >= 0.3 is 0 Å². The van der Waals surface area contributed by atoms with Crippen LogP contribution < -0.4 is 16.5 Å². The highest BCUT2D eigenvalue weighted by molar-refractivity contribution is 5.72. The van der Waals surface area contributed by atoms with Crippen LogP contribution in [0.25, 0.3) is 0 Å². The lowest BCUT2D eigenvalue weighted by atomic mass is 9.90. The van der Waals surface area contributed by atoms with Gasteiger partial charge in [0.25, 0.3) is 0 Å². The van der Waals surface area contributed by atoms with Crippen molar-refractivity contribution in [3.63, 3.8) is 0 Å². The second-order valence-corrected chi connectivity index (χ2v) is 7.95. The molecule has 2 unspecified atom stereocenters. The number of nitrogens with one attached hydrogen (secondary N) is 2. The average Bonchev–Trinajstić information content (AvgIpc) is 2.71. The highest BCUT2D eigenvalue weighted by Gasteiger charge is 2.35. The summed E-state index contributed by atoms with van der Waals surface area (Å²) in [5.74, 6) is 0.239. The van der Waals surface area contributed by atoms with Gasteiger partial charge in [-0.15, -0.1) is 0 Å². The number of aliphatic hydroxyl groups excluding tert-OH is 2. The molecule has 9 nitrogen and oxygen atoms in total. The molecule has 2 saturated heterocycles. The monoisotopic (exact) mass is 394 g/mol. The average molecular weight is 395 g/mol. The van der Waals surface area contributed by atoms with E-state index in [0.29, 0.717) is 18.0 Å². The van der Waals surface area contributed by atoms with E-state index in [1.165, 1.54) is 0 Å². The normalized spacial score (nSPS) is 27.6. The first-order chi connectivity index (χ1) is 13.5. The van der Waals surface area contributed by atoms with E-state index >= 15 is 0 Å². The molecule has 0 bridgehead atoms. The van der Waals surface area contributed by atoms with Crippen LogP contribution in [0.15, 0.2) is 18.2 Å². The second kappa shape index (κ2) is 9.73. The molecule has 2 aliphatic heterocycles. The molecule has 0 spiro atoms. The van der Waals surface area contributed by atoms with Gasteiger partial charge in [-0.3, -0.25) is 25.4 Å². The summed E-state index contributed by atoms with van der Waals surface area (Å²) in [7, 11) is 0. The molecular formula is C19H34N6O3. The SMILES string of the molecule is CC1CCN(CN2CCN(CNc3ccc(N)cc3NO)CC2)C(CO)[C@H]1O. The third-order valence-electron chi connectivity index (χ3n) is 6.01. The number of piperazine rings is 1. The van der Waals surface area contributed by atoms with Crippen molar-refractivity contribution in [2.45, 2.75) is 25.5 Å². The zero-order valence-corrected chi connectivity index (χ0v) is 16.6. The molecule has 158 valence electrons. The number of likely N-dealkylation sites (tertiary alicyclic amines) is 1. The minimum Gasteiger partial charge on any atom is -0.399 e. The van der Waals surface area contributed by atoms with Crippen LogP contribution in [0.4, 0.5) is 17.1 Å². The first-order valence-electron chi connectivity index (χ1n) is 10.0. The molecule has 0 aliphatic carbocycles. The van der Waals surface area contributed by atoms with Crippen LogP contribution >= 0.6 is 0 Å². The van der Waals surface area contributed by atoms with Crippen LogP contribution in [0.2, 0.25) is 0 Å². The zero-order valence-electron chi connectivity index (χ0n) is 16.6. The Balaban J connectivity index is 1.45. The van der Waals surface area contributed by atoms with Crippen molar-refractivity contribution in [3.05, 3.63) is 18.2 Å². The van der Waals surface area contributed by atoms with Gasteiger partial charge in [-0.1, -0.05) is 6.92 Å². The molecule has 1 aromatic carbocycles. The minimum absolute atomic E-state index is 0.00178. The number of nitrogens with two attached hydrogens (primary N) is 1. The van der Waals surface area contributed by atoms with Gasteiger partial charge in [-0.05, 0) is 30.5 Å². The first-order valence-corrected chi connectivity index (χ1v) is 10.0. The Morgan fingerprint density at radius 2 is 1.82 bits per heavy atom. The van der Waals surface area contributed by atoms with Crippen molar-refractivity contribution in [2.24, 2.45) is 5.92 Å². The number of hydrogen-bond acceptors (Lipinski definition) is 9. The maximum atomic E-state index is 10.4. The van der Waals surface area contributed by atoms with Gasteiger partial charge in [0.15, 0.2) is 0 Å². The second-order valence-electron chi connectivity index (χ2n) is 7.95. The Kier molecular flexibility index (Phi) is 7.33. The summed E-state index contributed by atoms with van der Waals surface area (Å²) in [5.41, 5.74) is 9.88. The molecule has 3 rings (SSSR count). The largest absolute Gasteiger partial charge is 0.399 e. The summed E-state index contributed by atoms with van der Waals surface area (Å²) in [6.07, 6.45) is 0.503. The van der Waals surface area contributed by atoms with Crippen LogP contribution in [0, 0.1) is 5.92 Å². The quantitative estimate of drug-likeness (QED) is 0.282. The number of aliphatic hydroxyl groups is 2. The van der Waals surface area contributed by atoms with Gasteiger partial charge in [0.1, 0.15) is 0 Å². The van der Waals surface area contributed by atoms with Crippen molar-refractivity contribution in [1.29, 1.82) is 0 Å². The van der Waals surface area contributed by atoms with E-state index in [9.17, 15) is 15.4 Å². The summed E-state index contributed by atoms with van der Waals surface area (Å²) in [6.45, 7) is 8.18. The summed E-state index contributed by atoms with van der Waals surface area (Å²) in [4.78, 5) is 6.92. The summed E-state index contributed by atoms with van der Waals surface area (Å²) in [5, 5.41) is 32.6. The third kappa shape index (κ3) is 5.05. The number of anilines is 3. The van der Waals surface area contributed by atoms with E-state index < -0.39 is 6.10 Å². The maximum Gasteiger partial charge on any atom is 0.0854 e. The molecule has 28 heavy (non-hydrogen) atoms. The lowest BCUT2D eigenvalue weighted by molar-refractivity contribution is -0.0687. The van der Waals surface area contributed by atoms with Gasteiger partial charge in [0, 0.05) is 38.4 Å². The summed E-state index contributed by atoms with van der Waals surface area (Å²) in [6, 6.07) is 5.17. The molecule has 9 heteroatoms. The summed E-state index contributed by atoms with van der Waals surface area (Å²) >= 11 is 0.